The fourth-order valence-electron chi connectivity index (χ4n) is 1.89. The summed E-state index contributed by atoms with van der Waals surface area (Å²) in [7, 11) is -1.93. The molecular formula is C13H19NO3S. The van der Waals surface area contributed by atoms with E-state index >= 15 is 0 Å². The number of benzene rings is 1. The molecule has 0 fully saturated rings. The Labute approximate surface area is 109 Å². The molecule has 0 unspecified atom stereocenters. The minimum atomic E-state index is -3.51. The van der Waals surface area contributed by atoms with Gasteiger partial charge in [0.25, 0.3) is 0 Å². The quantitative estimate of drug-likeness (QED) is 0.833. The molecule has 0 bridgehead atoms. The van der Waals surface area contributed by atoms with Gasteiger partial charge in [-0.25, -0.2) is 13.1 Å². The summed E-state index contributed by atoms with van der Waals surface area (Å²) < 4.78 is 32.1. The third-order valence-corrected chi connectivity index (χ3v) is 4.60. The maximum Gasteiger partial charge on any atom is 0.241 e. The first-order valence-electron chi connectivity index (χ1n) is 5.60. The summed E-state index contributed by atoms with van der Waals surface area (Å²) in [5.74, 6) is 0.702. The van der Waals surface area contributed by atoms with Gasteiger partial charge in [0.1, 0.15) is 5.75 Å². The molecule has 4 nitrogen and oxygen atoms in total. The standard InChI is InChI=1S/C13H19NO3S/c1-6-7-14-18(15,16)13-9(2)8-12(17-5)10(3)11(13)4/h6,8,14H,1,7H2,2-5H3. The number of hydrogen-bond donors (Lipinski definition) is 1. The fourth-order valence-corrected chi connectivity index (χ4v) is 3.41. The molecule has 1 aromatic carbocycles. The van der Waals surface area contributed by atoms with E-state index in [1.807, 2.05) is 6.92 Å². The lowest BCUT2D eigenvalue weighted by molar-refractivity contribution is 0.410. The second-order valence-electron chi connectivity index (χ2n) is 4.12. The molecule has 0 aliphatic rings. The Morgan fingerprint density at radius 3 is 2.44 bits per heavy atom. The van der Waals surface area contributed by atoms with Crippen molar-refractivity contribution in [1.82, 2.24) is 4.72 Å². The van der Waals surface area contributed by atoms with Gasteiger partial charge in [-0.1, -0.05) is 6.08 Å². The van der Waals surface area contributed by atoms with Gasteiger partial charge >= 0.3 is 0 Å². The summed E-state index contributed by atoms with van der Waals surface area (Å²) >= 11 is 0. The van der Waals surface area contributed by atoms with Gasteiger partial charge in [0.15, 0.2) is 0 Å². The summed E-state index contributed by atoms with van der Waals surface area (Å²) in [6, 6.07) is 1.74. The molecule has 0 aromatic heterocycles. The van der Waals surface area contributed by atoms with Crippen molar-refractivity contribution < 1.29 is 13.2 Å². The van der Waals surface area contributed by atoms with Crippen molar-refractivity contribution in [3.8, 4) is 5.75 Å². The Bertz CT molecular complexity index is 562. The predicted molar refractivity (Wildman–Crippen MR) is 72.6 cm³/mol. The molecule has 0 saturated heterocycles. The van der Waals surface area contributed by atoms with Crippen molar-refractivity contribution in [2.45, 2.75) is 25.7 Å². The van der Waals surface area contributed by atoms with E-state index in [4.69, 9.17) is 4.74 Å². The minimum absolute atomic E-state index is 0.215. The first-order valence-corrected chi connectivity index (χ1v) is 7.08. The van der Waals surface area contributed by atoms with Crippen LogP contribution in [0.4, 0.5) is 0 Å². The van der Waals surface area contributed by atoms with Gasteiger partial charge < -0.3 is 4.74 Å². The Morgan fingerprint density at radius 1 is 1.33 bits per heavy atom. The highest BCUT2D eigenvalue weighted by Crippen LogP contribution is 2.30. The third kappa shape index (κ3) is 2.73. The van der Waals surface area contributed by atoms with E-state index in [0.717, 1.165) is 5.56 Å². The van der Waals surface area contributed by atoms with Crippen LogP contribution in [0.2, 0.25) is 0 Å². The number of rotatable bonds is 5. The predicted octanol–water partition coefficient (Wildman–Crippen LogP) is 2.08. The summed E-state index contributed by atoms with van der Waals surface area (Å²) in [6.07, 6.45) is 1.51. The Morgan fingerprint density at radius 2 is 1.94 bits per heavy atom. The number of nitrogens with one attached hydrogen (secondary N) is 1. The van der Waals surface area contributed by atoms with Crippen molar-refractivity contribution in [2.75, 3.05) is 13.7 Å². The zero-order valence-corrected chi connectivity index (χ0v) is 12.0. The topological polar surface area (TPSA) is 55.4 Å². The van der Waals surface area contributed by atoms with E-state index in [0.29, 0.717) is 21.8 Å². The van der Waals surface area contributed by atoms with Gasteiger partial charge in [0.2, 0.25) is 10.0 Å². The number of aryl methyl sites for hydroxylation is 1. The molecule has 0 atom stereocenters. The van der Waals surface area contributed by atoms with Gasteiger partial charge in [-0.3, -0.25) is 0 Å². The van der Waals surface area contributed by atoms with Gasteiger partial charge in [-0.2, -0.15) is 0 Å². The van der Waals surface area contributed by atoms with Crippen LogP contribution in [0.1, 0.15) is 16.7 Å². The van der Waals surface area contributed by atoms with E-state index in [9.17, 15) is 8.42 Å². The van der Waals surface area contributed by atoms with Crippen LogP contribution in [-0.2, 0) is 10.0 Å². The molecular weight excluding hydrogens is 250 g/mol. The zero-order valence-electron chi connectivity index (χ0n) is 11.2. The van der Waals surface area contributed by atoms with Crippen LogP contribution < -0.4 is 9.46 Å². The van der Waals surface area contributed by atoms with Crippen LogP contribution >= 0.6 is 0 Å². The Balaban J connectivity index is 3.42. The van der Waals surface area contributed by atoms with Crippen LogP contribution in [0.15, 0.2) is 23.6 Å². The highest BCUT2D eigenvalue weighted by molar-refractivity contribution is 7.89. The second kappa shape index (κ2) is 5.54. The summed E-state index contributed by atoms with van der Waals surface area (Å²) in [6.45, 7) is 9.11. The average Bonchev–Trinajstić information content (AvgIpc) is 2.31. The summed E-state index contributed by atoms with van der Waals surface area (Å²) in [5, 5.41) is 0. The molecule has 0 aliphatic heterocycles. The van der Waals surface area contributed by atoms with Gasteiger partial charge in [-0.05, 0) is 43.5 Å². The molecule has 0 aliphatic carbocycles. The van der Waals surface area contributed by atoms with Crippen molar-refractivity contribution in [2.24, 2.45) is 0 Å². The van der Waals surface area contributed by atoms with Crippen LogP contribution in [0.3, 0.4) is 0 Å². The lowest BCUT2D eigenvalue weighted by Gasteiger charge is -2.16. The molecule has 0 heterocycles. The smallest absolute Gasteiger partial charge is 0.241 e. The van der Waals surface area contributed by atoms with Crippen LogP contribution in [-0.4, -0.2) is 22.1 Å². The maximum atomic E-state index is 12.2. The number of hydrogen-bond acceptors (Lipinski definition) is 3. The molecule has 5 heteroatoms. The first-order chi connectivity index (χ1) is 8.35. The average molecular weight is 269 g/mol. The molecule has 18 heavy (non-hydrogen) atoms. The first kappa shape index (κ1) is 14.7. The normalized spacial score (nSPS) is 11.3. The molecule has 100 valence electrons. The number of methoxy groups -OCH3 is 1. The highest BCUT2D eigenvalue weighted by Gasteiger charge is 2.21. The second-order valence-corrected chi connectivity index (χ2v) is 5.82. The molecule has 1 rings (SSSR count). The lowest BCUT2D eigenvalue weighted by Crippen LogP contribution is -2.25. The molecule has 0 radical (unpaired) electrons. The van der Waals surface area contributed by atoms with E-state index in [-0.39, 0.29) is 6.54 Å². The van der Waals surface area contributed by atoms with E-state index in [1.165, 1.54) is 6.08 Å². The van der Waals surface area contributed by atoms with Gasteiger partial charge in [0, 0.05) is 6.54 Å². The highest BCUT2D eigenvalue weighted by atomic mass is 32.2. The zero-order chi connectivity index (χ0) is 13.9. The SMILES string of the molecule is C=CCNS(=O)(=O)c1c(C)cc(OC)c(C)c1C. The maximum absolute atomic E-state index is 12.2. The molecule has 1 aromatic rings. The molecule has 1 N–H and O–H groups in total. The van der Waals surface area contributed by atoms with E-state index < -0.39 is 10.0 Å². The molecule has 0 saturated carbocycles. The van der Waals surface area contributed by atoms with Crippen molar-refractivity contribution in [3.63, 3.8) is 0 Å². The lowest BCUT2D eigenvalue weighted by atomic mass is 10.1. The summed E-state index contributed by atoms with van der Waals surface area (Å²) in [5.41, 5.74) is 2.22. The van der Waals surface area contributed by atoms with Crippen LogP contribution in [0.25, 0.3) is 0 Å². The monoisotopic (exact) mass is 269 g/mol. The molecule has 0 spiro atoms. The Hall–Kier alpha value is -1.33. The number of ether oxygens (including phenoxy) is 1. The van der Waals surface area contributed by atoms with Crippen LogP contribution in [0.5, 0.6) is 5.75 Å². The third-order valence-electron chi connectivity index (χ3n) is 2.88. The van der Waals surface area contributed by atoms with E-state index in [1.54, 1.807) is 27.0 Å². The van der Waals surface area contributed by atoms with Gasteiger partial charge in [-0.15, -0.1) is 6.58 Å². The number of sulfonamides is 1. The Kier molecular flexibility index (Phi) is 4.53. The van der Waals surface area contributed by atoms with Crippen LogP contribution in [0, 0.1) is 20.8 Å². The van der Waals surface area contributed by atoms with Gasteiger partial charge in [0.05, 0.1) is 12.0 Å². The summed E-state index contributed by atoms with van der Waals surface area (Å²) in [4.78, 5) is 0.322. The minimum Gasteiger partial charge on any atom is -0.496 e. The van der Waals surface area contributed by atoms with Crippen molar-refractivity contribution >= 4 is 10.0 Å². The van der Waals surface area contributed by atoms with Crippen molar-refractivity contribution in [1.29, 1.82) is 0 Å². The largest absolute Gasteiger partial charge is 0.496 e. The fraction of sp³-hybridized carbons (Fsp3) is 0.385. The van der Waals surface area contributed by atoms with E-state index in [2.05, 4.69) is 11.3 Å². The van der Waals surface area contributed by atoms with Crippen molar-refractivity contribution in [3.05, 3.63) is 35.4 Å². The molecule has 0 amide bonds.